The standard InChI is InChI=1S/C33H33ClFN5O6/c1-18-26(30(32(42)43)46-33(2,3)4)28-21-9-10-23-29(27(21)34)39(12-14-45-23)11-5-6-13-44-24-15-20(35)8-7-19(24)17-36-31(41)22-16-25(37-18)40(28)38-22/h5-10,15-16,30H,11-14,17H2,1-4H3,(H,36,41)(H,42,43). The molecule has 4 heterocycles. The van der Waals surface area contributed by atoms with Gasteiger partial charge in [-0.1, -0.05) is 23.7 Å². The number of carbonyl (C=O) groups excluding carboxylic acids is 1. The summed E-state index contributed by atoms with van der Waals surface area (Å²) in [6, 6.07) is 9.17. The van der Waals surface area contributed by atoms with Gasteiger partial charge in [-0.15, -0.1) is 0 Å². The van der Waals surface area contributed by atoms with Gasteiger partial charge < -0.3 is 29.5 Å². The van der Waals surface area contributed by atoms with Crippen molar-refractivity contribution in [3.63, 3.8) is 0 Å². The van der Waals surface area contributed by atoms with E-state index in [0.29, 0.717) is 70.1 Å². The molecule has 0 spiro atoms. The molecule has 2 N–H and O–H groups in total. The molecule has 2 aliphatic rings. The molecule has 6 rings (SSSR count). The molecule has 1 atom stereocenters. The molecule has 2 aromatic heterocycles. The van der Waals surface area contributed by atoms with Crippen molar-refractivity contribution in [3.8, 4) is 22.8 Å². The van der Waals surface area contributed by atoms with Crippen molar-refractivity contribution in [1.29, 1.82) is 0 Å². The number of carboxylic acid groups (broad SMARTS) is 1. The van der Waals surface area contributed by atoms with Crippen molar-refractivity contribution in [2.75, 3.05) is 31.2 Å². The monoisotopic (exact) mass is 649 g/mol. The third-order valence-corrected chi connectivity index (χ3v) is 7.97. The molecule has 0 radical (unpaired) electrons. The van der Waals surface area contributed by atoms with Gasteiger partial charge in [0.15, 0.2) is 17.4 Å². The summed E-state index contributed by atoms with van der Waals surface area (Å²) in [5.74, 6) is -1.35. The van der Waals surface area contributed by atoms with Crippen LogP contribution in [0.1, 0.15) is 54.2 Å². The number of carbonyl (C=O) groups is 2. The smallest absolute Gasteiger partial charge is 0.337 e. The van der Waals surface area contributed by atoms with Crippen LogP contribution in [-0.4, -0.2) is 63.5 Å². The largest absolute Gasteiger partial charge is 0.490 e. The zero-order chi connectivity index (χ0) is 32.7. The van der Waals surface area contributed by atoms with E-state index in [1.165, 1.54) is 22.7 Å². The minimum atomic E-state index is -1.44. The summed E-state index contributed by atoms with van der Waals surface area (Å²) in [4.78, 5) is 32.9. The molecule has 11 nitrogen and oxygen atoms in total. The molecular weight excluding hydrogens is 617 g/mol. The highest BCUT2D eigenvalue weighted by Crippen LogP contribution is 2.46. The number of halogens is 2. The number of aryl methyl sites for hydroxylation is 1. The topological polar surface area (TPSA) is 128 Å². The summed E-state index contributed by atoms with van der Waals surface area (Å²) in [6.07, 6.45) is 2.30. The van der Waals surface area contributed by atoms with Crippen LogP contribution < -0.4 is 19.7 Å². The molecular formula is C33H33ClFN5O6. The zero-order valence-electron chi connectivity index (χ0n) is 25.8. The fraction of sp³-hybridized carbons (Fsp3) is 0.333. The van der Waals surface area contributed by atoms with E-state index in [9.17, 15) is 19.1 Å². The van der Waals surface area contributed by atoms with Gasteiger partial charge in [0.1, 0.15) is 30.5 Å². The Morgan fingerprint density at radius 3 is 2.72 bits per heavy atom. The number of amides is 1. The van der Waals surface area contributed by atoms with Gasteiger partial charge in [0.05, 0.1) is 28.5 Å². The lowest BCUT2D eigenvalue weighted by Gasteiger charge is -2.32. The first-order chi connectivity index (χ1) is 21.9. The number of nitrogens with one attached hydrogen (secondary N) is 1. The fourth-order valence-electron chi connectivity index (χ4n) is 5.59. The number of aliphatic carboxylic acids is 1. The molecule has 2 aliphatic heterocycles. The third-order valence-electron chi connectivity index (χ3n) is 7.59. The van der Waals surface area contributed by atoms with Gasteiger partial charge in [-0.3, -0.25) is 4.79 Å². The highest BCUT2D eigenvalue weighted by molar-refractivity contribution is 6.36. The Kier molecular flexibility index (Phi) is 8.34. The van der Waals surface area contributed by atoms with Gasteiger partial charge in [-0.25, -0.2) is 18.7 Å². The van der Waals surface area contributed by atoms with Crippen LogP contribution in [0.2, 0.25) is 5.02 Å². The minimum absolute atomic E-state index is 0.0292. The molecule has 240 valence electrons. The van der Waals surface area contributed by atoms with Crippen LogP contribution in [0.4, 0.5) is 10.1 Å². The predicted octanol–water partition coefficient (Wildman–Crippen LogP) is 5.52. The number of carboxylic acids is 1. The van der Waals surface area contributed by atoms with Crippen molar-refractivity contribution in [2.24, 2.45) is 0 Å². The van der Waals surface area contributed by atoms with Crippen LogP contribution in [0.25, 0.3) is 16.9 Å². The van der Waals surface area contributed by atoms with E-state index < -0.39 is 29.4 Å². The predicted molar refractivity (Wildman–Crippen MR) is 169 cm³/mol. The van der Waals surface area contributed by atoms with Crippen molar-refractivity contribution < 1.29 is 33.3 Å². The van der Waals surface area contributed by atoms with Crippen LogP contribution >= 0.6 is 11.6 Å². The summed E-state index contributed by atoms with van der Waals surface area (Å²) in [5.41, 5.74) is 2.09. The molecule has 2 aromatic carbocycles. The SMILES string of the molecule is Cc1nc2cc3nn2c(c1C(OC(C)(C)C)C(=O)O)-c1ccc2c(c1Cl)N(CC=CCOc1cc(F)ccc1CNC3=O)CCO2. The first kappa shape index (κ1) is 31.3. The second-order valence-electron chi connectivity index (χ2n) is 12.0. The van der Waals surface area contributed by atoms with E-state index in [2.05, 4.69) is 15.4 Å². The molecule has 1 amide bonds. The van der Waals surface area contributed by atoms with Crippen LogP contribution in [-0.2, 0) is 16.1 Å². The number of hydrogen-bond acceptors (Lipinski definition) is 8. The van der Waals surface area contributed by atoms with Gasteiger partial charge >= 0.3 is 5.97 Å². The molecule has 13 heteroatoms. The maximum absolute atomic E-state index is 14.1. The van der Waals surface area contributed by atoms with Crippen molar-refractivity contribution in [2.45, 2.75) is 45.9 Å². The zero-order valence-corrected chi connectivity index (χ0v) is 26.5. The Hall–Kier alpha value is -4.68. The number of anilines is 1. The number of hydrogen-bond donors (Lipinski definition) is 2. The van der Waals surface area contributed by atoms with Gasteiger partial charge in [0.2, 0.25) is 0 Å². The minimum Gasteiger partial charge on any atom is -0.490 e. The van der Waals surface area contributed by atoms with Crippen LogP contribution in [0.15, 0.2) is 48.6 Å². The van der Waals surface area contributed by atoms with Crippen LogP contribution in [0, 0.1) is 12.7 Å². The third kappa shape index (κ3) is 6.10. The number of rotatable bonds is 3. The summed E-state index contributed by atoms with van der Waals surface area (Å²) in [5, 5.41) is 18.2. The Morgan fingerprint density at radius 2 is 1.96 bits per heavy atom. The highest BCUT2D eigenvalue weighted by atomic mass is 35.5. The highest BCUT2D eigenvalue weighted by Gasteiger charge is 2.35. The van der Waals surface area contributed by atoms with Crippen molar-refractivity contribution >= 4 is 34.8 Å². The Balaban J connectivity index is 1.60. The van der Waals surface area contributed by atoms with E-state index >= 15 is 0 Å². The average Bonchev–Trinajstić information content (AvgIpc) is 3.42. The van der Waals surface area contributed by atoms with Gasteiger partial charge in [-0.2, -0.15) is 5.10 Å². The van der Waals surface area contributed by atoms with E-state index in [0.717, 1.165) is 0 Å². The molecule has 0 aliphatic carbocycles. The van der Waals surface area contributed by atoms with Gasteiger partial charge in [-0.05, 0) is 52.0 Å². The van der Waals surface area contributed by atoms with E-state index in [1.54, 1.807) is 45.9 Å². The normalized spacial score (nSPS) is 15.8. The first-order valence-corrected chi connectivity index (χ1v) is 15.1. The van der Waals surface area contributed by atoms with Crippen LogP contribution in [0.5, 0.6) is 11.5 Å². The summed E-state index contributed by atoms with van der Waals surface area (Å²) >= 11 is 7.20. The first-order valence-electron chi connectivity index (χ1n) is 14.8. The van der Waals surface area contributed by atoms with Gasteiger partial charge in [0.25, 0.3) is 5.91 Å². The molecule has 1 unspecified atom stereocenters. The maximum atomic E-state index is 14.1. The Morgan fingerprint density at radius 1 is 1.15 bits per heavy atom. The summed E-state index contributed by atoms with van der Waals surface area (Å²) in [6.45, 7) is 8.62. The van der Waals surface area contributed by atoms with Gasteiger partial charge in [0, 0.05) is 47.6 Å². The fourth-order valence-corrected chi connectivity index (χ4v) is 5.95. The molecule has 46 heavy (non-hydrogen) atoms. The van der Waals surface area contributed by atoms with E-state index in [-0.39, 0.29) is 24.4 Å². The number of ether oxygens (including phenoxy) is 3. The molecule has 0 saturated heterocycles. The lowest BCUT2D eigenvalue weighted by atomic mass is 9.97. The van der Waals surface area contributed by atoms with Crippen molar-refractivity contribution in [1.82, 2.24) is 19.9 Å². The average molecular weight is 650 g/mol. The quantitative estimate of drug-likeness (QED) is 0.276. The molecule has 4 bridgehead atoms. The summed E-state index contributed by atoms with van der Waals surface area (Å²) in [7, 11) is 0. The number of benzene rings is 2. The maximum Gasteiger partial charge on any atom is 0.337 e. The van der Waals surface area contributed by atoms with E-state index in [1.807, 2.05) is 17.1 Å². The molecule has 4 aromatic rings. The summed E-state index contributed by atoms with van der Waals surface area (Å²) < 4.78 is 33.4. The second kappa shape index (κ2) is 12.3. The number of aromatic nitrogens is 3. The number of fused-ring (bicyclic) bond motifs is 4. The lowest BCUT2D eigenvalue weighted by Crippen LogP contribution is -2.33. The Bertz CT molecular complexity index is 1880. The molecule has 0 saturated carbocycles. The van der Waals surface area contributed by atoms with E-state index in [4.69, 9.17) is 25.8 Å². The Labute approximate surface area is 269 Å². The lowest BCUT2D eigenvalue weighted by molar-refractivity contribution is -0.160. The van der Waals surface area contributed by atoms with Crippen molar-refractivity contribution in [3.05, 3.63) is 81.9 Å². The number of nitrogens with zero attached hydrogens (tertiary/aromatic N) is 4. The molecule has 0 fully saturated rings. The van der Waals surface area contributed by atoms with Crippen LogP contribution in [0.3, 0.4) is 0 Å². The second-order valence-corrected chi connectivity index (χ2v) is 12.4.